The Morgan fingerprint density at radius 3 is 2.64 bits per heavy atom. The van der Waals surface area contributed by atoms with E-state index in [-0.39, 0.29) is 11.4 Å². The number of nitro benzene ring substituents is 1. The Bertz CT molecular complexity index is 935. The van der Waals surface area contributed by atoms with Gasteiger partial charge in [-0.25, -0.2) is 19.3 Å². The summed E-state index contributed by atoms with van der Waals surface area (Å²) in [6, 6.07) is 7.02. The molecule has 0 bridgehead atoms. The molecule has 0 saturated heterocycles. The normalized spacial score (nSPS) is 10.6. The maximum atomic E-state index is 12.4. The maximum Gasteiger partial charge on any atom is 0.425 e. The van der Waals surface area contributed by atoms with Gasteiger partial charge in [0.1, 0.15) is 17.9 Å². The van der Waals surface area contributed by atoms with E-state index in [2.05, 4.69) is 9.97 Å². The van der Waals surface area contributed by atoms with Gasteiger partial charge >= 0.3 is 6.09 Å². The van der Waals surface area contributed by atoms with E-state index < -0.39 is 11.0 Å². The zero-order valence-corrected chi connectivity index (χ0v) is 13.6. The fourth-order valence-corrected chi connectivity index (χ4v) is 2.33. The first-order chi connectivity index (χ1) is 12.0. The SMILES string of the molecule is CCN(C)c1ncnc2c1ccn2C(=O)Oc1ccc([N+](=O)[O-])cc1. The number of carbonyl (C=O) groups excluding carboxylic acids is 1. The van der Waals surface area contributed by atoms with E-state index in [0.29, 0.717) is 5.65 Å². The molecule has 0 saturated carbocycles. The summed E-state index contributed by atoms with van der Waals surface area (Å²) in [6.45, 7) is 2.75. The van der Waals surface area contributed by atoms with Crippen LogP contribution >= 0.6 is 0 Å². The van der Waals surface area contributed by atoms with Gasteiger partial charge in [0.05, 0.1) is 10.3 Å². The van der Waals surface area contributed by atoms with Gasteiger partial charge in [-0.15, -0.1) is 0 Å². The Kier molecular flexibility index (Phi) is 4.29. The first-order valence-corrected chi connectivity index (χ1v) is 7.51. The number of nitrogens with zero attached hydrogens (tertiary/aromatic N) is 5. The van der Waals surface area contributed by atoms with Crippen molar-refractivity contribution in [2.24, 2.45) is 0 Å². The highest BCUT2D eigenvalue weighted by Crippen LogP contribution is 2.24. The van der Waals surface area contributed by atoms with E-state index in [9.17, 15) is 14.9 Å². The molecule has 3 rings (SSSR count). The van der Waals surface area contributed by atoms with Crippen LogP contribution in [0.2, 0.25) is 0 Å². The highest BCUT2D eigenvalue weighted by molar-refractivity contribution is 5.93. The number of ether oxygens (including phenoxy) is 1. The molecular weight excluding hydrogens is 326 g/mol. The van der Waals surface area contributed by atoms with Crippen molar-refractivity contribution in [3.63, 3.8) is 0 Å². The van der Waals surface area contributed by atoms with Crippen LogP contribution in [0.1, 0.15) is 6.92 Å². The Morgan fingerprint density at radius 1 is 1.28 bits per heavy atom. The monoisotopic (exact) mass is 341 g/mol. The molecule has 1 aromatic carbocycles. The minimum absolute atomic E-state index is 0.0776. The number of aromatic nitrogens is 3. The third-order valence-electron chi connectivity index (χ3n) is 3.75. The molecule has 25 heavy (non-hydrogen) atoms. The number of hydrogen-bond donors (Lipinski definition) is 0. The lowest BCUT2D eigenvalue weighted by Gasteiger charge is -2.15. The predicted octanol–water partition coefficient (Wildman–Crippen LogP) is 2.84. The summed E-state index contributed by atoms with van der Waals surface area (Å²) in [4.78, 5) is 32.9. The third-order valence-corrected chi connectivity index (χ3v) is 3.75. The molecule has 128 valence electrons. The van der Waals surface area contributed by atoms with Crippen molar-refractivity contribution >= 4 is 28.6 Å². The number of rotatable bonds is 4. The topological polar surface area (TPSA) is 103 Å². The molecule has 2 aromatic heterocycles. The van der Waals surface area contributed by atoms with E-state index in [1.807, 2.05) is 18.9 Å². The Hall–Kier alpha value is -3.49. The number of non-ortho nitro benzene ring substituents is 1. The minimum atomic E-state index is -0.660. The van der Waals surface area contributed by atoms with E-state index in [4.69, 9.17) is 4.74 Å². The van der Waals surface area contributed by atoms with Gasteiger partial charge in [0.2, 0.25) is 0 Å². The van der Waals surface area contributed by atoms with Crippen LogP contribution in [0, 0.1) is 10.1 Å². The predicted molar refractivity (Wildman–Crippen MR) is 91.0 cm³/mol. The van der Waals surface area contributed by atoms with E-state index in [0.717, 1.165) is 17.7 Å². The fourth-order valence-electron chi connectivity index (χ4n) is 2.33. The Labute approximate surface area is 142 Å². The molecule has 0 spiro atoms. The van der Waals surface area contributed by atoms with Gasteiger partial charge in [-0.3, -0.25) is 10.1 Å². The summed E-state index contributed by atoms with van der Waals surface area (Å²) in [6.07, 6.45) is 2.28. The molecule has 0 amide bonds. The summed E-state index contributed by atoms with van der Waals surface area (Å²) in [5, 5.41) is 11.4. The summed E-state index contributed by atoms with van der Waals surface area (Å²) in [5.41, 5.74) is 0.350. The zero-order valence-electron chi connectivity index (χ0n) is 13.6. The van der Waals surface area contributed by atoms with Crippen LogP contribution in [0.25, 0.3) is 11.0 Å². The molecule has 0 atom stereocenters. The van der Waals surface area contributed by atoms with Crippen LogP contribution < -0.4 is 9.64 Å². The van der Waals surface area contributed by atoms with Gasteiger partial charge in [0, 0.05) is 31.9 Å². The first-order valence-electron chi connectivity index (χ1n) is 7.51. The molecule has 0 N–H and O–H groups in total. The highest BCUT2D eigenvalue weighted by atomic mass is 16.6. The molecule has 0 radical (unpaired) electrons. The third kappa shape index (κ3) is 3.11. The van der Waals surface area contributed by atoms with Gasteiger partial charge < -0.3 is 9.64 Å². The maximum absolute atomic E-state index is 12.4. The van der Waals surface area contributed by atoms with Gasteiger partial charge in [-0.05, 0) is 25.1 Å². The first kappa shape index (κ1) is 16.4. The van der Waals surface area contributed by atoms with E-state index >= 15 is 0 Å². The zero-order chi connectivity index (χ0) is 18.0. The summed E-state index contributed by atoms with van der Waals surface area (Å²) >= 11 is 0. The van der Waals surface area contributed by atoms with Crippen molar-refractivity contribution in [2.75, 3.05) is 18.5 Å². The Balaban J connectivity index is 1.89. The summed E-state index contributed by atoms with van der Waals surface area (Å²) in [7, 11) is 1.90. The number of anilines is 1. The van der Waals surface area contributed by atoms with Gasteiger partial charge in [-0.2, -0.15) is 0 Å². The van der Waals surface area contributed by atoms with Crippen molar-refractivity contribution < 1.29 is 14.5 Å². The number of nitro groups is 1. The smallest absolute Gasteiger partial charge is 0.410 e. The molecule has 0 aliphatic carbocycles. The quantitative estimate of drug-likeness (QED) is 0.531. The average molecular weight is 341 g/mol. The number of carbonyl (C=O) groups is 1. The van der Waals surface area contributed by atoms with Crippen molar-refractivity contribution in [3.8, 4) is 5.75 Å². The number of hydrogen-bond acceptors (Lipinski definition) is 7. The van der Waals surface area contributed by atoms with Gasteiger partial charge in [0.25, 0.3) is 5.69 Å². The molecule has 9 heteroatoms. The minimum Gasteiger partial charge on any atom is -0.410 e. The van der Waals surface area contributed by atoms with Crippen LogP contribution in [0.3, 0.4) is 0 Å². The number of benzene rings is 1. The average Bonchev–Trinajstić information content (AvgIpc) is 3.05. The van der Waals surface area contributed by atoms with Gasteiger partial charge in [0.15, 0.2) is 5.65 Å². The lowest BCUT2D eigenvalue weighted by molar-refractivity contribution is -0.384. The molecule has 2 heterocycles. The van der Waals surface area contributed by atoms with E-state index in [1.54, 1.807) is 12.3 Å². The largest absolute Gasteiger partial charge is 0.425 e. The molecule has 0 fully saturated rings. The lowest BCUT2D eigenvalue weighted by Crippen LogP contribution is -2.19. The van der Waals surface area contributed by atoms with Crippen molar-refractivity contribution in [1.29, 1.82) is 0 Å². The molecule has 3 aromatic rings. The van der Waals surface area contributed by atoms with Crippen molar-refractivity contribution in [1.82, 2.24) is 14.5 Å². The molecule has 0 unspecified atom stereocenters. The second-order valence-corrected chi connectivity index (χ2v) is 5.25. The van der Waals surface area contributed by atoms with Crippen molar-refractivity contribution in [3.05, 3.63) is 53.0 Å². The van der Waals surface area contributed by atoms with Crippen LogP contribution in [0.15, 0.2) is 42.9 Å². The summed E-state index contributed by atoms with van der Waals surface area (Å²) < 4.78 is 6.52. The highest BCUT2D eigenvalue weighted by Gasteiger charge is 2.16. The molecular formula is C16H15N5O4. The van der Waals surface area contributed by atoms with Crippen LogP contribution in [0.4, 0.5) is 16.3 Å². The van der Waals surface area contributed by atoms with Crippen LogP contribution in [0.5, 0.6) is 5.75 Å². The van der Waals surface area contributed by atoms with Crippen LogP contribution in [-0.2, 0) is 0 Å². The van der Waals surface area contributed by atoms with Crippen LogP contribution in [-0.4, -0.2) is 39.1 Å². The fraction of sp³-hybridized carbons (Fsp3) is 0.188. The standard InChI is InChI=1S/C16H15N5O4/c1-3-19(2)14-13-8-9-20(15(13)18-10-17-14)16(22)25-12-6-4-11(5-7-12)21(23)24/h4-10H,3H2,1-2H3. The second-order valence-electron chi connectivity index (χ2n) is 5.25. The lowest BCUT2D eigenvalue weighted by atomic mass is 10.3. The Morgan fingerprint density at radius 2 is 2.00 bits per heavy atom. The molecule has 0 aliphatic rings. The summed E-state index contributed by atoms with van der Waals surface area (Å²) in [5.74, 6) is 0.923. The number of fused-ring (bicyclic) bond motifs is 1. The second kappa shape index (κ2) is 6.56. The van der Waals surface area contributed by atoms with E-state index in [1.165, 1.54) is 35.2 Å². The van der Waals surface area contributed by atoms with Gasteiger partial charge in [-0.1, -0.05) is 0 Å². The van der Waals surface area contributed by atoms with Crippen molar-refractivity contribution in [2.45, 2.75) is 6.92 Å². The molecule has 0 aliphatic heterocycles. The molecule has 9 nitrogen and oxygen atoms in total.